The Hall–Kier alpha value is -3.14. The lowest BCUT2D eigenvalue weighted by Gasteiger charge is -2.07. The lowest BCUT2D eigenvalue weighted by Crippen LogP contribution is -2.00. The molecule has 0 aliphatic heterocycles. The zero-order valence-corrected chi connectivity index (χ0v) is 16.9. The number of hydrogen-bond donors (Lipinski definition) is 0. The van der Waals surface area contributed by atoms with Crippen molar-refractivity contribution in [3.8, 4) is 17.2 Å². The molecule has 1 radical (unpaired) electrons. The maximum Gasteiger partial charge on any atom is 0.247 e. The summed E-state index contributed by atoms with van der Waals surface area (Å²) < 4.78 is 11.6. The largest absolute Gasteiger partial charge is 0.494 e. The Labute approximate surface area is 171 Å². The molecule has 147 valence electrons. The van der Waals surface area contributed by atoms with Crippen molar-refractivity contribution in [3.63, 3.8) is 0 Å². The van der Waals surface area contributed by atoms with Crippen LogP contribution in [0.3, 0.4) is 0 Å². The molecule has 0 saturated heterocycles. The highest BCUT2D eigenvalue weighted by atomic mass is 16.5. The zero-order valence-electron chi connectivity index (χ0n) is 16.9. The van der Waals surface area contributed by atoms with Crippen molar-refractivity contribution in [2.24, 2.45) is 0 Å². The summed E-state index contributed by atoms with van der Waals surface area (Å²) >= 11 is 0. The van der Waals surface area contributed by atoms with Crippen LogP contribution in [0.4, 0.5) is 0 Å². The summed E-state index contributed by atoms with van der Waals surface area (Å²) in [6.45, 7) is 4.92. The third-order valence-corrected chi connectivity index (χ3v) is 4.88. The van der Waals surface area contributed by atoms with Gasteiger partial charge < -0.3 is 9.15 Å². The molecule has 29 heavy (non-hydrogen) atoms. The van der Waals surface area contributed by atoms with E-state index in [1.54, 1.807) is 0 Å². The van der Waals surface area contributed by atoms with Crippen molar-refractivity contribution in [2.75, 3.05) is 6.61 Å². The molecule has 0 atom stereocenters. The van der Waals surface area contributed by atoms with Crippen molar-refractivity contribution < 1.29 is 9.15 Å². The minimum Gasteiger partial charge on any atom is -0.494 e. The van der Waals surface area contributed by atoms with Gasteiger partial charge in [0.25, 0.3) is 0 Å². The third-order valence-electron chi connectivity index (χ3n) is 4.88. The van der Waals surface area contributed by atoms with Crippen LogP contribution in [0.5, 0.6) is 5.75 Å². The minimum atomic E-state index is 0.544. The number of aromatic nitrogens is 2. The second-order valence-electron chi connectivity index (χ2n) is 7.51. The van der Waals surface area contributed by atoms with E-state index in [4.69, 9.17) is 9.15 Å². The van der Waals surface area contributed by atoms with Gasteiger partial charge in [0.05, 0.1) is 6.61 Å². The summed E-state index contributed by atoms with van der Waals surface area (Å²) in [5, 5.41) is 10.9. The molecule has 0 spiro atoms. The molecule has 0 aliphatic rings. The van der Waals surface area contributed by atoms with E-state index in [0.717, 1.165) is 30.6 Å². The highest BCUT2D eigenvalue weighted by Gasteiger charge is 2.09. The fraction of sp³-hybridized carbons (Fsp3) is 0.240. The van der Waals surface area contributed by atoms with Gasteiger partial charge >= 0.3 is 0 Å². The summed E-state index contributed by atoms with van der Waals surface area (Å²) in [6, 6.07) is 22.7. The van der Waals surface area contributed by atoms with Gasteiger partial charge in [-0.25, -0.2) is 0 Å². The van der Waals surface area contributed by atoms with Gasteiger partial charge in [-0.3, -0.25) is 0 Å². The summed E-state index contributed by atoms with van der Waals surface area (Å²) in [5.41, 5.74) is 2.17. The number of rotatable bonds is 8. The molecule has 0 saturated carbocycles. The number of aryl methyl sites for hydroxylation is 2. The van der Waals surface area contributed by atoms with E-state index in [9.17, 15) is 0 Å². The number of fused-ring (bicyclic) bond motifs is 1. The summed E-state index contributed by atoms with van der Waals surface area (Å²) in [5.74, 6) is 3.42. The van der Waals surface area contributed by atoms with Gasteiger partial charge in [0, 0.05) is 12.0 Å². The van der Waals surface area contributed by atoms with Crippen LogP contribution in [0.1, 0.15) is 31.7 Å². The molecule has 0 unspecified atom stereocenters. The highest BCUT2D eigenvalue weighted by Crippen LogP contribution is 2.23. The monoisotopic (exact) mass is 385 g/mol. The van der Waals surface area contributed by atoms with E-state index >= 15 is 0 Å². The lowest BCUT2D eigenvalue weighted by molar-refractivity contribution is 0.315. The fourth-order valence-electron chi connectivity index (χ4n) is 3.18. The highest BCUT2D eigenvalue weighted by molar-refractivity contribution is 5.82. The van der Waals surface area contributed by atoms with E-state index in [1.807, 2.05) is 24.3 Å². The molecule has 3 aromatic carbocycles. The van der Waals surface area contributed by atoms with Gasteiger partial charge in [0.1, 0.15) is 5.75 Å². The molecule has 4 nitrogen and oxygen atoms in total. The normalized spacial score (nSPS) is 11.3. The van der Waals surface area contributed by atoms with Crippen LogP contribution in [0.2, 0.25) is 0 Å². The third kappa shape index (κ3) is 5.02. The first kappa shape index (κ1) is 19.2. The van der Waals surface area contributed by atoms with Crippen LogP contribution in [0.25, 0.3) is 22.2 Å². The molecule has 0 bridgehead atoms. The minimum absolute atomic E-state index is 0.544. The number of nitrogens with zero attached hydrogens (tertiary/aromatic N) is 2. The number of hydrogen-bond acceptors (Lipinski definition) is 4. The van der Waals surface area contributed by atoms with Crippen LogP contribution in [0.15, 0.2) is 71.1 Å². The Balaban J connectivity index is 1.36. The fourth-order valence-corrected chi connectivity index (χ4v) is 3.18. The SMILES string of the molecule is C[C](C)CCOc1ccc(-c2nnc(CCc3ccc4ccccc4c3)o2)cc1. The van der Waals surface area contributed by atoms with Crippen molar-refractivity contribution in [1.29, 1.82) is 0 Å². The summed E-state index contributed by atoms with van der Waals surface area (Å²) in [4.78, 5) is 0. The molecule has 1 heterocycles. The topological polar surface area (TPSA) is 48.2 Å². The van der Waals surface area contributed by atoms with E-state index in [1.165, 1.54) is 22.3 Å². The first-order chi connectivity index (χ1) is 14.2. The number of ether oxygens (including phenoxy) is 1. The van der Waals surface area contributed by atoms with E-state index in [0.29, 0.717) is 18.4 Å². The second-order valence-corrected chi connectivity index (χ2v) is 7.51. The maximum atomic E-state index is 5.87. The molecule has 4 aromatic rings. The van der Waals surface area contributed by atoms with Gasteiger partial charge in [-0.2, -0.15) is 0 Å². The first-order valence-electron chi connectivity index (χ1n) is 10.00. The smallest absolute Gasteiger partial charge is 0.247 e. The van der Waals surface area contributed by atoms with E-state index in [-0.39, 0.29) is 0 Å². The molecular formula is C25H25N2O2. The van der Waals surface area contributed by atoms with Gasteiger partial charge in [0.2, 0.25) is 11.8 Å². The Bertz CT molecular complexity index is 1070. The molecule has 0 amide bonds. The van der Waals surface area contributed by atoms with Gasteiger partial charge in [-0.15, -0.1) is 10.2 Å². The van der Waals surface area contributed by atoms with Crippen LogP contribution in [0, 0.1) is 5.92 Å². The van der Waals surface area contributed by atoms with E-state index in [2.05, 4.69) is 66.5 Å². The average molecular weight is 385 g/mol. The Morgan fingerprint density at radius 2 is 1.66 bits per heavy atom. The average Bonchev–Trinajstić information content (AvgIpc) is 3.21. The Morgan fingerprint density at radius 1 is 0.862 bits per heavy atom. The summed E-state index contributed by atoms with van der Waals surface area (Å²) in [6.07, 6.45) is 2.55. The first-order valence-corrected chi connectivity index (χ1v) is 10.00. The molecule has 0 N–H and O–H groups in total. The predicted molar refractivity (Wildman–Crippen MR) is 116 cm³/mol. The lowest BCUT2D eigenvalue weighted by atomic mass is 10.0. The number of benzene rings is 3. The standard InChI is InChI=1S/C25H25N2O2/c1-18(2)15-16-28-23-12-10-21(11-13-23)25-27-26-24(29-25)14-8-19-7-9-20-5-3-4-6-22(20)17-19/h3-7,9-13,17H,8,14-16H2,1-2H3. The van der Waals surface area contributed by atoms with Gasteiger partial charge in [-0.1, -0.05) is 56.3 Å². The van der Waals surface area contributed by atoms with Crippen molar-refractivity contribution in [2.45, 2.75) is 33.1 Å². The Kier molecular flexibility index (Phi) is 5.89. The van der Waals surface area contributed by atoms with Gasteiger partial charge in [-0.05, 0) is 59.4 Å². The van der Waals surface area contributed by atoms with Crippen molar-refractivity contribution in [3.05, 3.63) is 84.1 Å². The maximum absolute atomic E-state index is 5.87. The molecule has 1 aromatic heterocycles. The molecule has 0 fully saturated rings. The van der Waals surface area contributed by atoms with Crippen LogP contribution < -0.4 is 4.74 Å². The molecule has 4 heteroatoms. The van der Waals surface area contributed by atoms with Crippen LogP contribution >= 0.6 is 0 Å². The molecular weight excluding hydrogens is 360 g/mol. The zero-order chi connectivity index (χ0) is 20.1. The Morgan fingerprint density at radius 3 is 2.45 bits per heavy atom. The second kappa shape index (κ2) is 8.91. The van der Waals surface area contributed by atoms with E-state index < -0.39 is 0 Å². The summed E-state index contributed by atoms with van der Waals surface area (Å²) in [7, 11) is 0. The van der Waals surface area contributed by atoms with Crippen molar-refractivity contribution in [1.82, 2.24) is 10.2 Å². The molecule has 0 aliphatic carbocycles. The molecule has 4 rings (SSSR count). The van der Waals surface area contributed by atoms with Gasteiger partial charge in [0.15, 0.2) is 0 Å². The van der Waals surface area contributed by atoms with Crippen molar-refractivity contribution >= 4 is 10.8 Å². The van der Waals surface area contributed by atoms with Crippen LogP contribution in [-0.2, 0) is 12.8 Å². The quantitative estimate of drug-likeness (QED) is 0.370. The predicted octanol–water partition coefficient (Wildman–Crippen LogP) is 6.06. The van der Waals surface area contributed by atoms with Crippen LogP contribution in [-0.4, -0.2) is 16.8 Å².